The standard InChI is InChI=1S/C17H24Cl2N3/c1-3-21-13(2)22(10-9-20-7-5-4-6-8-20)17-12-15(19)14(18)11-16(17)21/h11-12H,3-10H2,1-2H3/q+1. The number of hydrogen-bond donors (Lipinski definition) is 0. The topological polar surface area (TPSA) is 12.0 Å². The van der Waals surface area contributed by atoms with E-state index in [0.717, 1.165) is 19.6 Å². The van der Waals surface area contributed by atoms with Gasteiger partial charge in [-0.25, -0.2) is 9.13 Å². The molecule has 0 unspecified atom stereocenters. The highest BCUT2D eigenvalue weighted by molar-refractivity contribution is 6.42. The molecule has 1 saturated heterocycles. The molecule has 0 saturated carbocycles. The third kappa shape index (κ3) is 2.99. The molecule has 2 heterocycles. The fourth-order valence-corrected chi connectivity index (χ4v) is 3.87. The first-order valence-electron chi connectivity index (χ1n) is 8.22. The van der Waals surface area contributed by atoms with Crippen LogP contribution in [-0.2, 0) is 13.1 Å². The molecule has 0 aliphatic carbocycles. The zero-order valence-electron chi connectivity index (χ0n) is 13.4. The van der Waals surface area contributed by atoms with Crippen molar-refractivity contribution in [3.8, 4) is 0 Å². The largest absolute Gasteiger partial charge is 0.299 e. The Morgan fingerprint density at radius 2 is 1.77 bits per heavy atom. The molecule has 0 atom stereocenters. The highest BCUT2D eigenvalue weighted by Crippen LogP contribution is 2.27. The van der Waals surface area contributed by atoms with E-state index >= 15 is 0 Å². The Morgan fingerprint density at radius 3 is 2.45 bits per heavy atom. The van der Waals surface area contributed by atoms with E-state index in [1.807, 2.05) is 12.1 Å². The highest BCUT2D eigenvalue weighted by atomic mass is 35.5. The van der Waals surface area contributed by atoms with Crippen molar-refractivity contribution in [1.82, 2.24) is 9.47 Å². The van der Waals surface area contributed by atoms with Crippen LogP contribution in [0.3, 0.4) is 0 Å². The molecule has 0 radical (unpaired) electrons. The second-order valence-corrected chi connectivity index (χ2v) is 6.91. The van der Waals surface area contributed by atoms with E-state index in [-0.39, 0.29) is 0 Å². The number of fused-ring (bicyclic) bond motifs is 1. The van der Waals surface area contributed by atoms with Crippen LogP contribution < -0.4 is 4.57 Å². The minimum Gasteiger partial charge on any atom is -0.299 e. The molecule has 0 amide bonds. The van der Waals surface area contributed by atoms with E-state index in [9.17, 15) is 0 Å². The number of halogens is 2. The van der Waals surface area contributed by atoms with Crippen molar-refractivity contribution < 1.29 is 4.57 Å². The Bertz CT molecular complexity index is 672. The van der Waals surface area contributed by atoms with Crippen LogP contribution in [0.1, 0.15) is 32.0 Å². The van der Waals surface area contributed by atoms with Gasteiger partial charge < -0.3 is 0 Å². The number of benzene rings is 1. The first kappa shape index (κ1) is 16.1. The third-order valence-corrected chi connectivity index (χ3v) is 5.51. The predicted octanol–water partition coefficient (Wildman–Crippen LogP) is 4.05. The van der Waals surface area contributed by atoms with Gasteiger partial charge in [-0.2, -0.15) is 0 Å². The summed E-state index contributed by atoms with van der Waals surface area (Å²) in [6, 6.07) is 4.00. The summed E-state index contributed by atoms with van der Waals surface area (Å²) in [6.07, 6.45) is 4.05. The van der Waals surface area contributed by atoms with Gasteiger partial charge in [-0.05, 0) is 32.9 Å². The van der Waals surface area contributed by atoms with Crippen LogP contribution in [-0.4, -0.2) is 29.1 Å². The average Bonchev–Trinajstić information content (AvgIpc) is 2.77. The van der Waals surface area contributed by atoms with E-state index in [1.165, 1.54) is 49.2 Å². The summed E-state index contributed by atoms with van der Waals surface area (Å²) >= 11 is 12.5. The lowest BCUT2D eigenvalue weighted by Gasteiger charge is -2.25. The molecule has 1 aliphatic rings. The quantitative estimate of drug-likeness (QED) is 0.764. The summed E-state index contributed by atoms with van der Waals surface area (Å²) in [6.45, 7) is 9.88. The molecule has 3 nitrogen and oxygen atoms in total. The van der Waals surface area contributed by atoms with Crippen LogP contribution in [0, 0.1) is 6.92 Å². The van der Waals surface area contributed by atoms with Crippen molar-refractivity contribution in [1.29, 1.82) is 0 Å². The average molecular weight is 341 g/mol. The lowest BCUT2D eigenvalue weighted by molar-refractivity contribution is -0.678. The number of hydrogen-bond acceptors (Lipinski definition) is 1. The molecule has 1 aliphatic heterocycles. The molecular formula is C17H24Cl2N3+. The third-order valence-electron chi connectivity index (χ3n) is 4.79. The lowest BCUT2D eigenvalue weighted by Crippen LogP contribution is -2.43. The van der Waals surface area contributed by atoms with Crippen molar-refractivity contribution in [3.63, 3.8) is 0 Å². The van der Waals surface area contributed by atoms with E-state index in [2.05, 4.69) is 27.9 Å². The van der Waals surface area contributed by atoms with E-state index in [1.54, 1.807) is 0 Å². The first-order valence-corrected chi connectivity index (χ1v) is 8.97. The van der Waals surface area contributed by atoms with Crippen molar-refractivity contribution in [2.75, 3.05) is 19.6 Å². The summed E-state index contributed by atoms with van der Waals surface area (Å²) in [5.41, 5.74) is 2.36. The molecule has 2 aromatic rings. The molecule has 0 spiro atoms. The van der Waals surface area contributed by atoms with Gasteiger partial charge in [-0.3, -0.25) is 4.90 Å². The molecule has 120 valence electrons. The summed E-state index contributed by atoms with van der Waals surface area (Å²) < 4.78 is 4.70. The van der Waals surface area contributed by atoms with E-state index in [4.69, 9.17) is 23.2 Å². The first-order chi connectivity index (χ1) is 10.6. The van der Waals surface area contributed by atoms with Crippen LogP contribution in [0.15, 0.2) is 12.1 Å². The smallest absolute Gasteiger partial charge is 0.254 e. The maximum absolute atomic E-state index is 6.25. The Morgan fingerprint density at radius 1 is 1.09 bits per heavy atom. The highest BCUT2D eigenvalue weighted by Gasteiger charge is 2.23. The number of nitrogens with zero attached hydrogens (tertiary/aromatic N) is 3. The molecule has 1 aromatic heterocycles. The normalized spacial score (nSPS) is 16.5. The van der Waals surface area contributed by atoms with Gasteiger partial charge in [-0.1, -0.05) is 29.6 Å². The lowest BCUT2D eigenvalue weighted by atomic mass is 10.1. The van der Waals surface area contributed by atoms with Crippen molar-refractivity contribution >= 4 is 34.2 Å². The summed E-state index contributed by atoms with van der Waals surface area (Å²) in [5, 5.41) is 1.26. The molecule has 5 heteroatoms. The number of aromatic nitrogens is 2. The van der Waals surface area contributed by atoms with Crippen LogP contribution in [0.4, 0.5) is 0 Å². The minimum absolute atomic E-state index is 0.629. The molecule has 0 bridgehead atoms. The van der Waals surface area contributed by atoms with Crippen molar-refractivity contribution in [2.24, 2.45) is 0 Å². The Kier molecular flexibility index (Phi) is 4.96. The molecule has 1 fully saturated rings. The van der Waals surface area contributed by atoms with E-state index < -0.39 is 0 Å². The summed E-state index contributed by atoms with van der Waals surface area (Å²) in [5.74, 6) is 1.27. The fourth-order valence-electron chi connectivity index (χ4n) is 3.56. The molecule has 1 aromatic carbocycles. The SMILES string of the molecule is CCn1c(C)[n+](CCN2CCCCC2)c2cc(Cl)c(Cl)cc21. The Balaban J connectivity index is 1.93. The second-order valence-electron chi connectivity index (χ2n) is 6.10. The Labute approximate surface area is 142 Å². The number of piperidine rings is 1. The van der Waals surface area contributed by atoms with Crippen LogP contribution in [0.25, 0.3) is 11.0 Å². The number of rotatable bonds is 4. The van der Waals surface area contributed by atoms with Crippen molar-refractivity contribution in [2.45, 2.75) is 46.2 Å². The zero-order chi connectivity index (χ0) is 15.7. The van der Waals surface area contributed by atoms with Crippen LogP contribution in [0.5, 0.6) is 0 Å². The molecular weight excluding hydrogens is 317 g/mol. The number of likely N-dealkylation sites (tertiary alicyclic amines) is 1. The van der Waals surface area contributed by atoms with Crippen LogP contribution >= 0.6 is 23.2 Å². The van der Waals surface area contributed by atoms with Crippen molar-refractivity contribution in [3.05, 3.63) is 28.0 Å². The van der Waals surface area contributed by atoms with E-state index in [0.29, 0.717) is 10.0 Å². The monoisotopic (exact) mass is 340 g/mol. The van der Waals surface area contributed by atoms with Crippen LogP contribution in [0.2, 0.25) is 10.0 Å². The van der Waals surface area contributed by atoms with Gasteiger partial charge >= 0.3 is 0 Å². The van der Waals surface area contributed by atoms with Gasteiger partial charge in [0.15, 0.2) is 11.0 Å². The van der Waals surface area contributed by atoms with Gasteiger partial charge in [0.1, 0.15) is 6.54 Å². The fraction of sp³-hybridized carbons (Fsp3) is 0.588. The maximum Gasteiger partial charge on any atom is 0.254 e. The minimum atomic E-state index is 0.629. The molecule has 22 heavy (non-hydrogen) atoms. The second kappa shape index (κ2) is 6.77. The summed E-state index contributed by atoms with van der Waals surface area (Å²) in [4.78, 5) is 2.57. The Hall–Kier alpha value is -0.770. The number of aryl methyl sites for hydroxylation is 1. The zero-order valence-corrected chi connectivity index (χ0v) is 14.9. The van der Waals surface area contributed by atoms with Gasteiger partial charge in [-0.15, -0.1) is 0 Å². The summed E-state index contributed by atoms with van der Waals surface area (Å²) in [7, 11) is 0. The van der Waals surface area contributed by atoms with Gasteiger partial charge in [0, 0.05) is 25.6 Å². The molecule has 3 rings (SSSR count). The van der Waals surface area contributed by atoms with Gasteiger partial charge in [0.05, 0.1) is 16.6 Å². The number of imidazole rings is 1. The predicted molar refractivity (Wildman–Crippen MR) is 92.9 cm³/mol. The maximum atomic E-state index is 6.25. The van der Waals surface area contributed by atoms with Gasteiger partial charge in [0.2, 0.25) is 0 Å². The molecule has 0 N–H and O–H groups in total. The van der Waals surface area contributed by atoms with Gasteiger partial charge in [0.25, 0.3) is 5.82 Å².